The van der Waals surface area contributed by atoms with Crippen LogP contribution in [0.1, 0.15) is 26.2 Å². The normalized spacial score (nSPS) is 23.1. The monoisotopic (exact) mass is 284 g/mol. The van der Waals surface area contributed by atoms with E-state index in [0.717, 1.165) is 25.8 Å². The molecule has 0 saturated carbocycles. The Morgan fingerprint density at radius 1 is 1.53 bits per heavy atom. The van der Waals surface area contributed by atoms with E-state index in [0.29, 0.717) is 11.6 Å². The third kappa shape index (κ3) is 3.91. The Balaban J connectivity index is 2.00. The van der Waals surface area contributed by atoms with Gasteiger partial charge in [0.05, 0.1) is 6.04 Å². The van der Waals surface area contributed by atoms with Gasteiger partial charge in [0.2, 0.25) is 5.91 Å². The van der Waals surface area contributed by atoms with Gasteiger partial charge in [-0.05, 0) is 43.5 Å². The van der Waals surface area contributed by atoms with Crippen LogP contribution in [0.4, 0.5) is 10.1 Å². The van der Waals surface area contributed by atoms with E-state index in [9.17, 15) is 9.18 Å². The molecule has 0 bridgehead atoms. The summed E-state index contributed by atoms with van der Waals surface area (Å²) >= 11 is 5.76. The smallest absolute Gasteiger partial charge is 0.241 e. The molecule has 2 unspecified atom stereocenters. The van der Waals surface area contributed by atoms with Gasteiger partial charge in [-0.3, -0.25) is 4.79 Å². The zero-order valence-electron chi connectivity index (χ0n) is 10.9. The van der Waals surface area contributed by atoms with Gasteiger partial charge in [0.25, 0.3) is 0 Å². The van der Waals surface area contributed by atoms with Gasteiger partial charge in [0, 0.05) is 10.7 Å². The second-order valence-corrected chi connectivity index (χ2v) is 5.39. The van der Waals surface area contributed by atoms with E-state index in [-0.39, 0.29) is 17.0 Å². The Morgan fingerprint density at radius 2 is 2.32 bits per heavy atom. The van der Waals surface area contributed by atoms with E-state index in [2.05, 4.69) is 17.6 Å². The molecule has 2 N–H and O–H groups in total. The number of nitrogens with one attached hydrogen (secondary N) is 2. The number of carbonyl (C=O) groups is 1. The SMILES string of the molecule is CCC1CCNC(C(=O)Nc2cc(F)cc(Cl)c2)C1. The molecule has 1 aliphatic heterocycles. The highest BCUT2D eigenvalue weighted by Crippen LogP contribution is 2.22. The second-order valence-electron chi connectivity index (χ2n) is 4.95. The van der Waals surface area contributed by atoms with Gasteiger partial charge in [-0.1, -0.05) is 24.9 Å². The van der Waals surface area contributed by atoms with Crippen molar-refractivity contribution < 1.29 is 9.18 Å². The average molecular weight is 285 g/mol. The van der Waals surface area contributed by atoms with E-state index in [4.69, 9.17) is 11.6 Å². The highest BCUT2D eigenvalue weighted by Gasteiger charge is 2.25. The molecular weight excluding hydrogens is 267 g/mol. The number of benzene rings is 1. The van der Waals surface area contributed by atoms with Crippen LogP contribution >= 0.6 is 11.6 Å². The summed E-state index contributed by atoms with van der Waals surface area (Å²) in [6.45, 7) is 2.98. The molecule has 1 saturated heterocycles. The molecule has 1 amide bonds. The molecule has 1 fully saturated rings. The summed E-state index contributed by atoms with van der Waals surface area (Å²) in [5.41, 5.74) is 0.399. The van der Waals surface area contributed by atoms with Crippen LogP contribution in [0, 0.1) is 11.7 Å². The van der Waals surface area contributed by atoms with Crippen molar-refractivity contribution in [1.29, 1.82) is 0 Å². The van der Waals surface area contributed by atoms with E-state index in [1.165, 1.54) is 12.1 Å². The molecule has 2 rings (SSSR count). The Labute approximate surface area is 117 Å². The fourth-order valence-electron chi connectivity index (χ4n) is 2.42. The Kier molecular flexibility index (Phi) is 4.77. The predicted molar refractivity (Wildman–Crippen MR) is 74.8 cm³/mol. The number of piperidine rings is 1. The van der Waals surface area contributed by atoms with Gasteiger partial charge in [-0.15, -0.1) is 0 Å². The van der Waals surface area contributed by atoms with Crippen LogP contribution < -0.4 is 10.6 Å². The maximum absolute atomic E-state index is 13.2. The first-order valence-corrected chi connectivity index (χ1v) is 6.96. The van der Waals surface area contributed by atoms with Crippen molar-refractivity contribution in [2.75, 3.05) is 11.9 Å². The van der Waals surface area contributed by atoms with Crippen LogP contribution in [0.5, 0.6) is 0 Å². The largest absolute Gasteiger partial charge is 0.325 e. The molecule has 104 valence electrons. The molecule has 0 aromatic heterocycles. The zero-order valence-corrected chi connectivity index (χ0v) is 11.6. The molecule has 0 spiro atoms. The first kappa shape index (κ1) is 14.3. The minimum Gasteiger partial charge on any atom is -0.325 e. The average Bonchev–Trinajstić information content (AvgIpc) is 2.37. The van der Waals surface area contributed by atoms with Crippen molar-refractivity contribution >= 4 is 23.2 Å². The fraction of sp³-hybridized carbons (Fsp3) is 0.500. The molecule has 19 heavy (non-hydrogen) atoms. The molecular formula is C14H18ClFN2O. The van der Waals surface area contributed by atoms with Crippen LogP contribution in [0.25, 0.3) is 0 Å². The lowest BCUT2D eigenvalue weighted by Gasteiger charge is -2.28. The summed E-state index contributed by atoms with van der Waals surface area (Å²) in [6.07, 6.45) is 3.01. The van der Waals surface area contributed by atoms with Crippen molar-refractivity contribution in [3.05, 3.63) is 29.0 Å². The summed E-state index contributed by atoms with van der Waals surface area (Å²) in [5.74, 6) is -0.00116. The van der Waals surface area contributed by atoms with Crippen molar-refractivity contribution in [2.45, 2.75) is 32.2 Å². The van der Waals surface area contributed by atoms with Crippen molar-refractivity contribution in [3.63, 3.8) is 0 Å². The Morgan fingerprint density at radius 3 is 3.00 bits per heavy atom. The lowest BCUT2D eigenvalue weighted by molar-refractivity contribution is -0.119. The number of halogens is 2. The standard InChI is InChI=1S/C14H18ClFN2O/c1-2-9-3-4-17-13(5-9)14(19)18-12-7-10(15)6-11(16)8-12/h6-9,13,17H,2-5H2,1H3,(H,18,19). The molecule has 2 atom stereocenters. The lowest BCUT2D eigenvalue weighted by Crippen LogP contribution is -2.46. The summed E-state index contributed by atoms with van der Waals surface area (Å²) in [6, 6.07) is 3.82. The summed E-state index contributed by atoms with van der Waals surface area (Å²) in [4.78, 5) is 12.1. The van der Waals surface area contributed by atoms with Gasteiger partial charge in [-0.2, -0.15) is 0 Å². The third-order valence-corrected chi connectivity index (χ3v) is 3.75. The second kappa shape index (κ2) is 6.35. The van der Waals surface area contributed by atoms with Gasteiger partial charge in [0.15, 0.2) is 0 Å². The Bertz CT molecular complexity index is 447. The van der Waals surface area contributed by atoms with E-state index < -0.39 is 5.82 Å². The third-order valence-electron chi connectivity index (χ3n) is 3.54. The summed E-state index contributed by atoms with van der Waals surface area (Å²) in [5, 5.41) is 6.18. The highest BCUT2D eigenvalue weighted by molar-refractivity contribution is 6.30. The topological polar surface area (TPSA) is 41.1 Å². The van der Waals surface area contributed by atoms with Crippen LogP contribution in [-0.4, -0.2) is 18.5 Å². The fourth-order valence-corrected chi connectivity index (χ4v) is 2.64. The Hall–Kier alpha value is -1.13. The minimum atomic E-state index is -0.453. The predicted octanol–water partition coefficient (Wildman–Crippen LogP) is 3.20. The van der Waals surface area contributed by atoms with Gasteiger partial charge >= 0.3 is 0 Å². The highest BCUT2D eigenvalue weighted by atomic mass is 35.5. The van der Waals surface area contributed by atoms with Gasteiger partial charge in [0.1, 0.15) is 5.82 Å². The van der Waals surface area contributed by atoms with Crippen molar-refractivity contribution in [1.82, 2.24) is 5.32 Å². The first-order valence-electron chi connectivity index (χ1n) is 6.59. The number of hydrogen-bond donors (Lipinski definition) is 2. The van der Waals surface area contributed by atoms with Crippen molar-refractivity contribution in [3.8, 4) is 0 Å². The van der Waals surface area contributed by atoms with Crippen LogP contribution in [0.15, 0.2) is 18.2 Å². The number of anilines is 1. The number of carbonyl (C=O) groups excluding carboxylic acids is 1. The number of rotatable bonds is 3. The maximum Gasteiger partial charge on any atom is 0.241 e. The molecule has 1 aromatic rings. The van der Waals surface area contributed by atoms with Crippen LogP contribution in [0.3, 0.4) is 0 Å². The number of hydrogen-bond acceptors (Lipinski definition) is 2. The molecule has 0 aliphatic carbocycles. The molecule has 1 heterocycles. The molecule has 5 heteroatoms. The quantitative estimate of drug-likeness (QED) is 0.895. The number of amides is 1. The minimum absolute atomic E-state index is 0.125. The van der Waals surface area contributed by atoms with Gasteiger partial charge in [-0.25, -0.2) is 4.39 Å². The van der Waals surface area contributed by atoms with E-state index in [1.54, 1.807) is 6.07 Å². The van der Waals surface area contributed by atoms with Gasteiger partial charge < -0.3 is 10.6 Å². The molecule has 1 aromatic carbocycles. The summed E-state index contributed by atoms with van der Waals surface area (Å²) in [7, 11) is 0. The van der Waals surface area contributed by atoms with Crippen molar-refractivity contribution in [2.24, 2.45) is 5.92 Å². The van der Waals surface area contributed by atoms with E-state index >= 15 is 0 Å². The molecule has 3 nitrogen and oxygen atoms in total. The molecule has 1 aliphatic rings. The first-order chi connectivity index (χ1) is 9.08. The van der Waals surface area contributed by atoms with Crippen LogP contribution in [0.2, 0.25) is 5.02 Å². The maximum atomic E-state index is 13.2. The zero-order chi connectivity index (χ0) is 13.8. The lowest BCUT2D eigenvalue weighted by atomic mass is 9.90. The van der Waals surface area contributed by atoms with Crippen LogP contribution in [-0.2, 0) is 4.79 Å². The summed E-state index contributed by atoms with van der Waals surface area (Å²) < 4.78 is 13.2. The van der Waals surface area contributed by atoms with E-state index in [1.807, 2.05) is 0 Å². The molecule has 0 radical (unpaired) electrons.